The Kier molecular flexibility index (Phi) is 6.01. The molecule has 27 heavy (non-hydrogen) atoms. The van der Waals surface area contributed by atoms with E-state index >= 15 is 0 Å². The van der Waals surface area contributed by atoms with Gasteiger partial charge in [-0.05, 0) is 30.3 Å². The Bertz CT molecular complexity index is 826. The highest BCUT2D eigenvalue weighted by Gasteiger charge is 2.34. The minimum Gasteiger partial charge on any atom is -0.497 e. The number of nitrogens with zero attached hydrogens (tertiary/aromatic N) is 1. The van der Waals surface area contributed by atoms with Crippen molar-refractivity contribution < 1.29 is 23.7 Å². The smallest absolute Gasteiger partial charge is 0.258 e. The monoisotopic (exact) mass is 389 g/mol. The second-order valence-corrected chi connectivity index (χ2v) is 7.08. The summed E-state index contributed by atoms with van der Waals surface area (Å²) in [6.45, 7) is 0.643. The van der Waals surface area contributed by atoms with Gasteiger partial charge in [0.2, 0.25) is 0 Å². The molecule has 1 unspecified atom stereocenters. The van der Waals surface area contributed by atoms with E-state index in [9.17, 15) is 4.79 Å². The van der Waals surface area contributed by atoms with Crippen molar-refractivity contribution in [2.75, 3.05) is 40.7 Å². The van der Waals surface area contributed by atoms with Gasteiger partial charge in [-0.25, -0.2) is 0 Å². The van der Waals surface area contributed by atoms with E-state index < -0.39 is 0 Å². The lowest BCUT2D eigenvalue weighted by atomic mass is 10.1. The Balaban J connectivity index is 1.96. The summed E-state index contributed by atoms with van der Waals surface area (Å²) in [5, 5.41) is -0.158. The number of methoxy groups -OCH3 is 4. The van der Waals surface area contributed by atoms with Crippen molar-refractivity contribution >= 4 is 17.7 Å². The van der Waals surface area contributed by atoms with Gasteiger partial charge < -0.3 is 23.8 Å². The molecule has 0 spiro atoms. The number of amides is 1. The van der Waals surface area contributed by atoms with Gasteiger partial charge >= 0.3 is 0 Å². The number of benzene rings is 2. The molecule has 1 atom stereocenters. The molecule has 1 aliphatic heterocycles. The number of hydrogen-bond donors (Lipinski definition) is 0. The van der Waals surface area contributed by atoms with Crippen LogP contribution in [0.4, 0.5) is 0 Å². The standard InChI is InChI=1S/C20H23NO5S/c1-23-13-6-8-17(25-3)16(11-13)20-21(9-10-27-20)19(22)15-7-5-14(24-2)12-18(15)26-4/h5-8,11-12,20H,9-10H2,1-4H3. The first kappa shape index (κ1) is 19.2. The van der Waals surface area contributed by atoms with Crippen molar-refractivity contribution in [3.05, 3.63) is 47.5 Å². The highest BCUT2D eigenvalue weighted by molar-refractivity contribution is 7.99. The molecule has 0 aromatic heterocycles. The van der Waals surface area contributed by atoms with Crippen LogP contribution in [0.5, 0.6) is 23.0 Å². The number of carbonyl (C=O) groups excluding carboxylic acids is 1. The highest BCUT2D eigenvalue weighted by Crippen LogP contribution is 2.44. The molecule has 6 nitrogen and oxygen atoms in total. The van der Waals surface area contributed by atoms with Crippen LogP contribution in [0, 0.1) is 0 Å². The van der Waals surface area contributed by atoms with Crippen LogP contribution in [0.2, 0.25) is 0 Å². The van der Waals surface area contributed by atoms with E-state index in [1.165, 1.54) is 0 Å². The van der Waals surface area contributed by atoms with Crippen LogP contribution in [0.1, 0.15) is 21.3 Å². The molecule has 0 bridgehead atoms. The van der Waals surface area contributed by atoms with Crippen LogP contribution < -0.4 is 18.9 Å². The predicted molar refractivity (Wildman–Crippen MR) is 105 cm³/mol. The molecule has 7 heteroatoms. The molecular weight excluding hydrogens is 366 g/mol. The summed E-state index contributed by atoms with van der Waals surface area (Å²) >= 11 is 1.70. The highest BCUT2D eigenvalue weighted by atomic mass is 32.2. The molecule has 0 radical (unpaired) electrons. The fourth-order valence-corrected chi connectivity index (χ4v) is 4.37. The molecule has 0 saturated carbocycles. The number of ether oxygens (including phenoxy) is 4. The zero-order chi connectivity index (χ0) is 19.4. The topological polar surface area (TPSA) is 57.2 Å². The molecule has 1 aliphatic rings. The maximum atomic E-state index is 13.3. The molecule has 1 saturated heterocycles. The summed E-state index contributed by atoms with van der Waals surface area (Å²) in [6.07, 6.45) is 0. The number of carbonyl (C=O) groups is 1. The molecule has 0 aliphatic carbocycles. The molecule has 2 aromatic carbocycles. The van der Waals surface area contributed by atoms with E-state index in [1.807, 2.05) is 23.1 Å². The van der Waals surface area contributed by atoms with E-state index in [1.54, 1.807) is 58.4 Å². The van der Waals surface area contributed by atoms with Gasteiger partial charge in [0, 0.05) is 23.9 Å². The van der Waals surface area contributed by atoms with Gasteiger partial charge in [-0.1, -0.05) is 0 Å². The van der Waals surface area contributed by atoms with Crippen molar-refractivity contribution in [2.24, 2.45) is 0 Å². The van der Waals surface area contributed by atoms with E-state index in [0.29, 0.717) is 23.6 Å². The van der Waals surface area contributed by atoms with E-state index in [0.717, 1.165) is 22.8 Å². The van der Waals surface area contributed by atoms with Gasteiger partial charge in [0.05, 0.1) is 34.0 Å². The Morgan fingerprint density at radius 2 is 1.59 bits per heavy atom. The van der Waals surface area contributed by atoms with Gasteiger partial charge in [0.15, 0.2) is 0 Å². The molecule has 1 fully saturated rings. The fourth-order valence-electron chi connectivity index (χ4n) is 3.10. The SMILES string of the molecule is COc1ccc(C(=O)N2CCSC2c2cc(OC)ccc2OC)c(OC)c1. The van der Waals surface area contributed by atoms with Crippen LogP contribution >= 0.6 is 11.8 Å². The lowest BCUT2D eigenvalue weighted by Gasteiger charge is -2.26. The van der Waals surface area contributed by atoms with E-state index in [2.05, 4.69) is 0 Å². The van der Waals surface area contributed by atoms with Crippen molar-refractivity contribution in [2.45, 2.75) is 5.37 Å². The van der Waals surface area contributed by atoms with E-state index in [4.69, 9.17) is 18.9 Å². The fraction of sp³-hybridized carbons (Fsp3) is 0.350. The quantitative estimate of drug-likeness (QED) is 0.752. The van der Waals surface area contributed by atoms with E-state index in [-0.39, 0.29) is 11.3 Å². The number of hydrogen-bond acceptors (Lipinski definition) is 6. The predicted octanol–water partition coefficient (Wildman–Crippen LogP) is 3.61. The van der Waals surface area contributed by atoms with Gasteiger partial charge in [0.25, 0.3) is 5.91 Å². The van der Waals surface area contributed by atoms with Crippen LogP contribution in [-0.2, 0) is 0 Å². The van der Waals surface area contributed by atoms with Gasteiger partial charge in [0.1, 0.15) is 28.4 Å². The Morgan fingerprint density at radius 3 is 2.26 bits per heavy atom. The Hall–Kier alpha value is -2.54. The molecule has 144 valence electrons. The number of rotatable bonds is 6. The van der Waals surface area contributed by atoms with Crippen LogP contribution in [0.15, 0.2) is 36.4 Å². The zero-order valence-electron chi connectivity index (χ0n) is 15.9. The van der Waals surface area contributed by atoms with Crippen molar-refractivity contribution in [1.82, 2.24) is 4.90 Å². The average molecular weight is 389 g/mol. The molecule has 3 rings (SSSR count). The number of thioether (sulfide) groups is 1. The Morgan fingerprint density at radius 1 is 0.926 bits per heavy atom. The molecular formula is C20H23NO5S. The Labute approximate surface area is 163 Å². The second-order valence-electron chi connectivity index (χ2n) is 5.90. The maximum Gasteiger partial charge on any atom is 0.258 e. The summed E-state index contributed by atoms with van der Waals surface area (Å²) in [6, 6.07) is 10.9. The normalized spacial score (nSPS) is 16.1. The lowest BCUT2D eigenvalue weighted by molar-refractivity contribution is 0.0755. The third-order valence-electron chi connectivity index (χ3n) is 4.49. The largest absolute Gasteiger partial charge is 0.497 e. The molecule has 1 amide bonds. The van der Waals surface area contributed by atoms with Crippen molar-refractivity contribution in [3.8, 4) is 23.0 Å². The summed E-state index contributed by atoms with van der Waals surface area (Å²) in [5.74, 6) is 3.35. The first-order chi connectivity index (χ1) is 13.1. The van der Waals surface area contributed by atoms with Crippen LogP contribution in [0.25, 0.3) is 0 Å². The first-order valence-corrected chi connectivity index (χ1v) is 9.54. The summed E-state index contributed by atoms with van der Waals surface area (Å²) in [4.78, 5) is 15.1. The average Bonchev–Trinajstić information content (AvgIpc) is 3.21. The third kappa shape index (κ3) is 3.78. The summed E-state index contributed by atoms with van der Waals surface area (Å²) in [7, 11) is 6.38. The lowest BCUT2D eigenvalue weighted by Crippen LogP contribution is -2.31. The van der Waals surface area contributed by atoms with Gasteiger partial charge in [-0.15, -0.1) is 11.8 Å². The second kappa shape index (κ2) is 8.43. The minimum absolute atomic E-state index is 0.0885. The zero-order valence-corrected chi connectivity index (χ0v) is 16.7. The maximum absolute atomic E-state index is 13.3. The van der Waals surface area contributed by atoms with Crippen LogP contribution in [-0.4, -0.2) is 51.5 Å². The van der Waals surface area contributed by atoms with Gasteiger partial charge in [-0.2, -0.15) is 0 Å². The molecule has 2 aromatic rings. The van der Waals surface area contributed by atoms with Gasteiger partial charge in [-0.3, -0.25) is 4.79 Å². The minimum atomic E-state index is -0.158. The van der Waals surface area contributed by atoms with Crippen LogP contribution in [0.3, 0.4) is 0 Å². The summed E-state index contributed by atoms with van der Waals surface area (Å²) in [5.41, 5.74) is 1.42. The first-order valence-electron chi connectivity index (χ1n) is 8.49. The van der Waals surface area contributed by atoms with Crippen molar-refractivity contribution in [1.29, 1.82) is 0 Å². The third-order valence-corrected chi connectivity index (χ3v) is 5.74. The van der Waals surface area contributed by atoms with Crippen molar-refractivity contribution in [3.63, 3.8) is 0 Å². The molecule has 0 N–H and O–H groups in total. The molecule has 1 heterocycles. The summed E-state index contributed by atoms with van der Waals surface area (Å²) < 4.78 is 21.5.